The highest BCUT2D eigenvalue weighted by atomic mass is 16.2. The number of aryl methyl sites for hydroxylation is 4. The number of nitrogens with zero attached hydrogens (tertiary/aromatic N) is 2. The average Bonchev–Trinajstić information content (AvgIpc) is 2.83. The van der Waals surface area contributed by atoms with Gasteiger partial charge in [-0.2, -0.15) is 0 Å². The molecule has 144 valence electrons. The summed E-state index contributed by atoms with van der Waals surface area (Å²) in [5.74, 6) is 0.209. The summed E-state index contributed by atoms with van der Waals surface area (Å²) in [5, 5.41) is 0. The largest absolute Gasteiger partial charge is 0.362 e. The molecule has 1 aliphatic heterocycles. The maximum absolute atomic E-state index is 13.0. The highest BCUT2D eigenvalue weighted by Gasteiger charge is 2.24. The molecule has 0 radical (unpaired) electrons. The van der Waals surface area contributed by atoms with Gasteiger partial charge in [0, 0.05) is 43.1 Å². The molecule has 1 fully saturated rings. The molecule has 2 aromatic rings. The number of hydrogen-bond donors (Lipinski definition) is 1. The van der Waals surface area contributed by atoms with E-state index in [9.17, 15) is 9.59 Å². The molecule has 27 heavy (non-hydrogen) atoms. The summed E-state index contributed by atoms with van der Waals surface area (Å²) in [7, 11) is 0. The number of benzene rings is 1. The van der Waals surface area contributed by atoms with Crippen molar-refractivity contribution in [3.8, 4) is 0 Å². The standard InChI is InChI=1S/C22H29N3O2/c1-15-6-7-16(2)20(12-15)22(27)25-9-5-8-24(10-11-25)21(26)14-19-13-17(3)23-18(19)4/h6-7,12-13,23H,5,8-11,14H2,1-4H3. The Morgan fingerprint density at radius 1 is 0.963 bits per heavy atom. The van der Waals surface area contributed by atoms with Crippen LogP contribution in [0.4, 0.5) is 0 Å². The van der Waals surface area contributed by atoms with Gasteiger partial charge in [0.05, 0.1) is 6.42 Å². The van der Waals surface area contributed by atoms with Crippen molar-refractivity contribution in [1.82, 2.24) is 14.8 Å². The van der Waals surface area contributed by atoms with Gasteiger partial charge in [0.25, 0.3) is 5.91 Å². The van der Waals surface area contributed by atoms with Crippen LogP contribution in [0.1, 0.15) is 44.9 Å². The van der Waals surface area contributed by atoms with Gasteiger partial charge in [-0.05, 0) is 57.4 Å². The third-order valence-electron chi connectivity index (χ3n) is 5.36. The van der Waals surface area contributed by atoms with Gasteiger partial charge in [0.15, 0.2) is 0 Å². The van der Waals surface area contributed by atoms with E-state index in [1.165, 1.54) is 0 Å². The lowest BCUT2D eigenvalue weighted by Crippen LogP contribution is -2.38. The Morgan fingerprint density at radius 2 is 1.67 bits per heavy atom. The molecule has 5 heteroatoms. The smallest absolute Gasteiger partial charge is 0.254 e. The summed E-state index contributed by atoms with van der Waals surface area (Å²) >= 11 is 0. The predicted octanol–water partition coefficient (Wildman–Crippen LogP) is 3.17. The van der Waals surface area contributed by atoms with Crippen LogP contribution in [0.15, 0.2) is 24.3 Å². The molecule has 0 bridgehead atoms. The van der Waals surface area contributed by atoms with E-state index in [1.807, 2.05) is 61.8 Å². The van der Waals surface area contributed by atoms with E-state index in [0.29, 0.717) is 32.6 Å². The second-order valence-electron chi connectivity index (χ2n) is 7.62. The van der Waals surface area contributed by atoms with Crippen molar-refractivity contribution in [2.45, 2.75) is 40.5 Å². The van der Waals surface area contributed by atoms with Gasteiger partial charge in [0.2, 0.25) is 5.91 Å². The Kier molecular flexibility index (Phi) is 5.68. The molecular formula is C22H29N3O2. The summed E-state index contributed by atoms with van der Waals surface area (Å²) in [4.78, 5) is 32.7. The molecule has 1 aromatic carbocycles. The maximum Gasteiger partial charge on any atom is 0.254 e. The van der Waals surface area contributed by atoms with Crippen molar-refractivity contribution >= 4 is 11.8 Å². The van der Waals surface area contributed by atoms with Gasteiger partial charge in [-0.3, -0.25) is 9.59 Å². The molecule has 0 saturated carbocycles. The number of hydrogen-bond acceptors (Lipinski definition) is 2. The fourth-order valence-corrected chi connectivity index (χ4v) is 3.75. The molecule has 0 aliphatic carbocycles. The molecule has 1 aromatic heterocycles. The number of carbonyl (C=O) groups is 2. The lowest BCUT2D eigenvalue weighted by molar-refractivity contribution is -0.130. The Hall–Kier alpha value is -2.56. The second kappa shape index (κ2) is 7.99. The topological polar surface area (TPSA) is 56.4 Å². The van der Waals surface area contributed by atoms with Crippen molar-refractivity contribution in [2.24, 2.45) is 0 Å². The van der Waals surface area contributed by atoms with E-state index in [4.69, 9.17) is 0 Å². The Balaban J connectivity index is 1.64. The van der Waals surface area contributed by atoms with Crippen LogP contribution in [0.5, 0.6) is 0 Å². The molecule has 0 atom stereocenters. The van der Waals surface area contributed by atoms with Crippen LogP contribution in [0.2, 0.25) is 0 Å². The van der Waals surface area contributed by atoms with Crippen LogP contribution in [-0.4, -0.2) is 52.8 Å². The van der Waals surface area contributed by atoms with Crippen LogP contribution >= 0.6 is 0 Å². The monoisotopic (exact) mass is 367 g/mol. The summed E-state index contributed by atoms with van der Waals surface area (Å²) in [6, 6.07) is 8.03. The van der Waals surface area contributed by atoms with E-state index in [1.54, 1.807) is 0 Å². The summed E-state index contributed by atoms with van der Waals surface area (Å²) in [6.45, 7) is 10.6. The van der Waals surface area contributed by atoms with Gasteiger partial charge in [-0.25, -0.2) is 0 Å². The highest BCUT2D eigenvalue weighted by Crippen LogP contribution is 2.16. The predicted molar refractivity (Wildman–Crippen MR) is 107 cm³/mol. The number of carbonyl (C=O) groups excluding carboxylic acids is 2. The molecule has 0 spiro atoms. The van der Waals surface area contributed by atoms with Crippen LogP contribution in [-0.2, 0) is 11.2 Å². The number of aromatic nitrogens is 1. The van der Waals surface area contributed by atoms with E-state index >= 15 is 0 Å². The minimum Gasteiger partial charge on any atom is -0.362 e. The number of rotatable bonds is 3. The van der Waals surface area contributed by atoms with Gasteiger partial charge < -0.3 is 14.8 Å². The zero-order valence-corrected chi connectivity index (χ0v) is 16.8. The molecule has 1 saturated heterocycles. The fourth-order valence-electron chi connectivity index (χ4n) is 3.75. The third kappa shape index (κ3) is 4.41. The fraction of sp³-hybridized carbons (Fsp3) is 0.455. The first-order valence-corrected chi connectivity index (χ1v) is 9.64. The third-order valence-corrected chi connectivity index (χ3v) is 5.36. The van der Waals surface area contributed by atoms with Crippen LogP contribution in [0.25, 0.3) is 0 Å². The summed E-state index contributed by atoms with van der Waals surface area (Å²) in [5.41, 5.74) is 6.06. The van der Waals surface area contributed by atoms with Gasteiger partial charge in [0.1, 0.15) is 0 Å². The van der Waals surface area contributed by atoms with Gasteiger partial charge >= 0.3 is 0 Å². The molecule has 5 nitrogen and oxygen atoms in total. The quantitative estimate of drug-likeness (QED) is 0.906. The van der Waals surface area contributed by atoms with Crippen molar-refractivity contribution in [1.29, 1.82) is 0 Å². The van der Waals surface area contributed by atoms with E-state index < -0.39 is 0 Å². The van der Waals surface area contributed by atoms with Gasteiger partial charge in [-0.1, -0.05) is 17.7 Å². The van der Waals surface area contributed by atoms with Crippen molar-refractivity contribution in [2.75, 3.05) is 26.2 Å². The van der Waals surface area contributed by atoms with E-state index in [2.05, 4.69) is 4.98 Å². The van der Waals surface area contributed by atoms with Crippen LogP contribution in [0, 0.1) is 27.7 Å². The van der Waals surface area contributed by atoms with Crippen molar-refractivity contribution < 1.29 is 9.59 Å². The molecule has 2 amide bonds. The first kappa shape index (κ1) is 19.2. The first-order chi connectivity index (χ1) is 12.8. The summed E-state index contributed by atoms with van der Waals surface area (Å²) in [6.07, 6.45) is 1.23. The normalized spacial score (nSPS) is 15.0. The maximum atomic E-state index is 13.0. The zero-order valence-electron chi connectivity index (χ0n) is 16.8. The Labute approximate surface area is 161 Å². The van der Waals surface area contributed by atoms with E-state index in [-0.39, 0.29) is 11.8 Å². The molecule has 2 heterocycles. The number of nitrogens with one attached hydrogen (secondary N) is 1. The van der Waals surface area contributed by atoms with Crippen molar-refractivity contribution in [3.63, 3.8) is 0 Å². The molecule has 1 aliphatic rings. The second-order valence-corrected chi connectivity index (χ2v) is 7.62. The first-order valence-electron chi connectivity index (χ1n) is 9.64. The molecule has 3 rings (SSSR count). The van der Waals surface area contributed by atoms with Crippen molar-refractivity contribution in [3.05, 3.63) is 57.9 Å². The Bertz CT molecular complexity index is 853. The highest BCUT2D eigenvalue weighted by molar-refractivity contribution is 5.96. The number of aromatic amines is 1. The molecule has 0 unspecified atom stereocenters. The number of amides is 2. The van der Waals surface area contributed by atoms with Gasteiger partial charge in [-0.15, -0.1) is 0 Å². The number of H-pyrrole nitrogens is 1. The zero-order chi connectivity index (χ0) is 19.6. The molecular weight excluding hydrogens is 338 g/mol. The van der Waals surface area contributed by atoms with E-state index in [0.717, 1.165) is 40.1 Å². The molecule has 1 N–H and O–H groups in total. The average molecular weight is 367 g/mol. The lowest BCUT2D eigenvalue weighted by Gasteiger charge is -2.23. The lowest BCUT2D eigenvalue weighted by atomic mass is 10.0. The van der Waals surface area contributed by atoms with Crippen LogP contribution in [0.3, 0.4) is 0 Å². The SMILES string of the molecule is Cc1ccc(C)c(C(=O)N2CCCN(C(=O)Cc3cc(C)[nH]c3C)CC2)c1. The minimum absolute atomic E-state index is 0.0719. The Morgan fingerprint density at radius 3 is 2.37 bits per heavy atom. The minimum atomic E-state index is 0.0719. The van der Waals surface area contributed by atoms with Crippen LogP contribution < -0.4 is 0 Å². The summed E-state index contributed by atoms with van der Waals surface area (Å²) < 4.78 is 0.